The van der Waals surface area contributed by atoms with Gasteiger partial charge in [0.2, 0.25) is 0 Å². The Kier molecular flexibility index (Phi) is 5.42. The largest absolute Gasteiger partial charge is 0.389 e. The maximum atomic E-state index is 5.73. The Bertz CT molecular complexity index is 386. The molecule has 0 saturated heterocycles. The molecular weight excluding hydrogens is 228 g/mol. The number of hydrogen-bond donors (Lipinski definition) is 2. The maximum absolute atomic E-state index is 5.73. The van der Waals surface area contributed by atoms with Gasteiger partial charge in [0.05, 0.1) is 0 Å². The zero-order valence-corrected chi connectivity index (χ0v) is 11.7. The number of para-hydroxylation sites is 1. The SMILES string of the molecule is Cc1cccc(C(N)=S)c1NCCCC(C)C. The lowest BCUT2D eigenvalue weighted by Crippen LogP contribution is -2.15. The van der Waals surface area contributed by atoms with Crippen LogP contribution in [0.1, 0.15) is 37.8 Å². The van der Waals surface area contributed by atoms with Crippen molar-refractivity contribution in [3.63, 3.8) is 0 Å². The number of thiocarbonyl (C=S) groups is 1. The minimum absolute atomic E-state index is 0.458. The Hall–Kier alpha value is -1.09. The molecule has 0 aliphatic rings. The van der Waals surface area contributed by atoms with Gasteiger partial charge in [-0.3, -0.25) is 0 Å². The summed E-state index contributed by atoms with van der Waals surface area (Å²) < 4.78 is 0. The highest BCUT2D eigenvalue weighted by Gasteiger charge is 2.06. The van der Waals surface area contributed by atoms with Gasteiger partial charge >= 0.3 is 0 Å². The molecule has 0 heterocycles. The van der Waals surface area contributed by atoms with Crippen molar-refractivity contribution in [3.05, 3.63) is 29.3 Å². The van der Waals surface area contributed by atoms with Gasteiger partial charge in [-0.1, -0.05) is 38.2 Å². The van der Waals surface area contributed by atoms with Gasteiger partial charge in [0.25, 0.3) is 0 Å². The molecule has 1 aromatic carbocycles. The van der Waals surface area contributed by atoms with E-state index in [1.807, 2.05) is 12.1 Å². The predicted octanol–water partition coefficient (Wildman–Crippen LogP) is 3.48. The summed E-state index contributed by atoms with van der Waals surface area (Å²) >= 11 is 5.07. The molecule has 3 heteroatoms. The van der Waals surface area contributed by atoms with Crippen molar-refractivity contribution in [2.24, 2.45) is 11.7 Å². The van der Waals surface area contributed by atoms with E-state index in [2.05, 4.69) is 32.2 Å². The first-order valence-electron chi connectivity index (χ1n) is 6.15. The van der Waals surface area contributed by atoms with Crippen LogP contribution in [0.15, 0.2) is 18.2 Å². The number of aryl methyl sites for hydroxylation is 1. The van der Waals surface area contributed by atoms with E-state index in [1.54, 1.807) is 0 Å². The monoisotopic (exact) mass is 250 g/mol. The van der Waals surface area contributed by atoms with Crippen molar-refractivity contribution in [3.8, 4) is 0 Å². The summed E-state index contributed by atoms with van der Waals surface area (Å²) in [6.45, 7) is 7.54. The third kappa shape index (κ3) is 4.35. The molecule has 0 fully saturated rings. The number of rotatable bonds is 6. The molecular formula is C14H22N2S. The molecule has 0 unspecified atom stereocenters. The molecule has 1 rings (SSSR count). The quantitative estimate of drug-likeness (QED) is 0.599. The maximum Gasteiger partial charge on any atom is 0.106 e. The standard InChI is InChI=1S/C14H22N2S/c1-10(2)6-5-9-16-13-11(3)7-4-8-12(13)14(15)17/h4,7-8,10,16H,5-6,9H2,1-3H3,(H2,15,17). The summed E-state index contributed by atoms with van der Waals surface area (Å²) in [5, 5.41) is 3.45. The molecule has 0 saturated carbocycles. The van der Waals surface area contributed by atoms with E-state index < -0.39 is 0 Å². The van der Waals surface area contributed by atoms with Gasteiger partial charge in [-0.2, -0.15) is 0 Å². The molecule has 94 valence electrons. The van der Waals surface area contributed by atoms with Gasteiger partial charge in [0.15, 0.2) is 0 Å². The fraction of sp³-hybridized carbons (Fsp3) is 0.500. The van der Waals surface area contributed by atoms with Crippen molar-refractivity contribution >= 4 is 22.9 Å². The van der Waals surface area contributed by atoms with Crippen molar-refractivity contribution < 1.29 is 0 Å². The number of benzene rings is 1. The van der Waals surface area contributed by atoms with Gasteiger partial charge in [0, 0.05) is 17.8 Å². The van der Waals surface area contributed by atoms with Crippen molar-refractivity contribution in [1.82, 2.24) is 0 Å². The van der Waals surface area contributed by atoms with E-state index in [9.17, 15) is 0 Å². The number of nitrogens with one attached hydrogen (secondary N) is 1. The lowest BCUT2D eigenvalue weighted by atomic mass is 10.1. The summed E-state index contributed by atoms with van der Waals surface area (Å²) in [4.78, 5) is 0.458. The van der Waals surface area contributed by atoms with Crippen LogP contribution in [0.3, 0.4) is 0 Å². The lowest BCUT2D eigenvalue weighted by molar-refractivity contribution is 0.567. The normalized spacial score (nSPS) is 10.6. The minimum atomic E-state index is 0.458. The molecule has 0 aliphatic heterocycles. The summed E-state index contributed by atoms with van der Waals surface area (Å²) in [5.74, 6) is 0.753. The number of hydrogen-bond acceptors (Lipinski definition) is 2. The summed E-state index contributed by atoms with van der Waals surface area (Å²) in [6.07, 6.45) is 2.41. The minimum Gasteiger partial charge on any atom is -0.389 e. The van der Waals surface area contributed by atoms with Crippen molar-refractivity contribution in [2.45, 2.75) is 33.6 Å². The van der Waals surface area contributed by atoms with Gasteiger partial charge < -0.3 is 11.1 Å². The predicted molar refractivity (Wildman–Crippen MR) is 79.6 cm³/mol. The topological polar surface area (TPSA) is 38.0 Å². The van der Waals surface area contributed by atoms with Crippen LogP contribution in [0, 0.1) is 12.8 Å². The van der Waals surface area contributed by atoms with E-state index in [0.29, 0.717) is 4.99 Å². The van der Waals surface area contributed by atoms with E-state index in [0.717, 1.165) is 23.7 Å². The summed E-state index contributed by atoms with van der Waals surface area (Å²) in [5.41, 5.74) is 8.96. The third-order valence-electron chi connectivity index (χ3n) is 2.80. The average Bonchev–Trinajstić information content (AvgIpc) is 2.25. The highest BCUT2D eigenvalue weighted by Crippen LogP contribution is 2.20. The number of anilines is 1. The Morgan fingerprint density at radius 2 is 2.12 bits per heavy atom. The van der Waals surface area contributed by atoms with E-state index in [1.165, 1.54) is 18.4 Å². The Morgan fingerprint density at radius 1 is 1.41 bits per heavy atom. The molecule has 0 aromatic heterocycles. The highest BCUT2D eigenvalue weighted by molar-refractivity contribution is 7.80. The molecule has 0 bridgehead atoms. The smallest absolute Gasteiger partial charge is 0.106 e. The summed E-state index contributed by atoms with van der Waals surface area (Å²) in [6, 6.07) is 6.04. The molecule has 0 atom stereocenters. The number of nitrogens with two attached hydrogens (primary N) is 1. The third-order valence-corrected chi connectivity index (χ3v) is 3.02. The van der Waals surface area contributed by atoms with Crippen LogP contribution < -0.4 is 11.1 Å². The van der Waals surface area contributed by atoms with Crippen LogP contribution in [-0.2, 0) is 0 Å². The molecule has 0 amide bonds. The van der Waals surface area contributed by atoms with Crippen LogP contribution in [0.5, 0.6) is 0 Å². The first kappa shape index (κ1) is 14.0. The summed E-state index contributed by atoms with van der Waals surface area (Å²) in [7, 11) is 0. The van der Waals surface area contributed by atoms with Crippen molar-refractivity contribution in [2.75, 3.05) is 11.9 Å². The molecule has 17 heavy (non-hydrogen) atoms. The van der Waals surface area contributed by atoms with E-state index in [4.69, 9.17) is 18.0 Å². The second kappa shape index (κ2) is 6.60. The average molecular weight is 250 g/mol. The first-order valence-corrected chi connectivity index (χ1v) is 6.56. The lowest BCUT2D eigenvalue weighted by Gasteiger charge is -2.14. The zero-order valence-electron chi connectivity index (χ0n) is 10.9. The second-order valence-electron chi connectivity index (χ2n) is 4.82. The van der Waals surface area contributed by atoms with Gasteiger partial charge in [-0.15, -0.1) is 0 Å². The van der Waals surface area contributed by atoms with Crippen molar-refractivity contribution in [1.29, 1.82) is 0 Å². The fourth-order valence-corrected chi connectivity index (χ4v) is 2.00. The molecule has 0 spiro atoms. The van der Waals surface area contributed by atoms with Crippen LogP contribution in [0.2, 0.25) is 0 Å². The van der Waals surface area contributed by atoms with Gasteiger partial charge in [0.1, 0.15) is 4.99 Å². The van der Waals surface area contributed by atoms with Crippen LogP contribution in [0.25, 0.3) is 0 Å². The highest BCUT2D eigenvalue weighted by atomic mass is 32.1. The fourth-order valence-electron chi connectivity index (χ4n) is 1.83. The zero-order chi connectivity index (χ0) is 12.8. The van der Waals surface area contributed by atoms with Gasteiger partial charge in [-0.25, -0.2) is 0 Å². The van der Waals surface area contributed by atoms with Crippen LogP contribution in [-0.4, -0.2) is 11.5 Å². The van der Waals surface area contributed by atoms with Crippen LogP contribution >= 0.6 is 12.2 Å². The molecule has 0 radical (unpaired) electrons. The Labute approximate surface area is 110 Å². The molecule has 2 nitrogen and oxygen atoms in total. The van der Waals surface area contributed by atoms with Gasteiger partial charge in [-0.05, 0) is 37.3 Å². The second-order valence-corrected chi connectivity index (χ2v) is 5.26. The molecule has 1 aromatic rings. The molecule has 0 aliphatic carbocycles. The molecule has 3 N–H and O–H groups in total. The van der Waals surface area contributed by atoms with Crippen LogP contribution in [0.4, 0.5) is 5.69 Å². The van der Waals surface area contributed by atoms with E-state index >= 15 is 0 Å². The first-order chi connectivity index (χ1) is 8.02. The van der Waals surface area contributed by atoms with E-state index in [-0.39, 0.29) is 0 Å². The Balaban J connectivity index is 2.66. The Morgan fingerprint density at radius 3 is 2.71 bits per heavy atom.